The van der Waals surface area contributed by atoms with Crippen molar-refractivity contribution in [3.05, 3.63) is 0 Å². The number of nitrogens with one attached hydrogen (secondary N) is 1. The molecule has 3 aliphatic heterocycles. The summed E-state index contributed by atoms with van der Waals surface area (Å²) in [5.41, 5.74) is 0. The maximum atomic E-state index is 12.7. The van der Waals surface area contributed by atoms with Gasteiger partial charge < -0.3 is 15.1 Å². The molecule has 5 heteroatoms. The molecule has 0 aromatic carbocycles. The highest BCUT2D eigenvalue weighted by Crippen LogP contribution is 2.26. The molecule has 1 N–H and O–H groups in total. The van der Waals surface area contributed by atoms with Crippen molar-refractivity contribution in [2.24, 2.45) is 5.92 Å². The molecular weight excluding hydrogens is 266 g/mol. The zero-order valence-corrected chi connectivity index (χ0v) is 12.9. The van der Waals surface area contributed by atoms with Crippen molar-refractivity contribution in [3.8, 4) is 0 Å². The normalized spacial score (nSPS) is 28.2. The molecule has 1 unspecified atom stereocenters. The number of hydrogen-bond acceptors (Lipinski definition) is 3. The molecule has 0 saturated carbocycles. The fourth-order valence-electron chi connectivity index (χ4n) is 3.95. The first-order valence-corrected chi connectivity index (χ1v) is 8.54. The maximum Gasteiger partial charge on any atom is 0.226 e. The van der Waals surface area contributed by atoms with Gasteiger partial charge >= 0.3 is 0 Å². The van der Waals surface area contributed by atoms with Crippen LogP contribution in [0.15, 0.2) is 0 Å². The van der Waals surface area contributed by atoms with E-state index in [1.165, 1.54) is 0 Å². The molecule has 3 heterocycles. The largest absolute Gasteiger partial charge is 0.343 e. The number of nitrogens with zero attached hydrogens (tertiary/aromatic N) is 2. The summed E-state index contributed by atoms with van der Waals surface area (Å²) in [7, 11) is 0. The van der Waals surface area contributed by atoms with Crippen LogP contribution in [-0.2, 0) is 9.59 Å². The summed E-state index contributed by atoms with van der Waals surface area (Å²) in [5, 5.41) is 3.35. The number of rotatable bonds is 3. The van der Waals surface area contributed by atoms with E-state index >= 15 is 0 Å². The second-order valence-electron chi connectivity index (χ2n) is 6.64. The van der Waals surface area contributed by atoms with Crippen LogP contribution in [-0.4, -0.2) is 60.4 Å². The lowest BCUT2D eigenvalue weighted by Crippen LogP contribution is -2.51. The predicted molar refractivity (Wildman–Crippen MR) is 80.8 cm³/mol. The number of carbonyl (C=O) groups excluding carboxylic acids is 2. The van der Waals surface area contributed by atoms with E-state index in [1.54, 1.807) is 0 Å². The number of carbonyl (C=O) groups is 2. The second kappa shape index (κ2) is 6.77. The molecule has 3 rings (SSSR count). The van der Waals surface area contributed by atoms with Gasteiger partial charge in [0.25, 0.3) is 0 Å². The van der Waals surface area contributed by atoms with Crippen LogP contribution in [0.1, 0.15) is 44.9 Å². The average Bonchev–Trinajstić information content (AvgIpc) is 3.05. The van der Waals surface area contributed by atoms with Gasteiger partial charge in [0, 0.05) is 38.0 Å². The summed E-state index contributed by atoms with van der Waals surface area (Å²) in [6.45, 7) is 4.67. The minimum absolute atomic E-state index is 0.0678. The summed E-state index contributed by atoms with van der Waals surface area (Å²) < 4.78 is 0. The van der Waals surface area contributed by atoms with Gasteiger partial charge in [0.2, 0.25) is 11.8 Å². The Morgan fingerprint density at radius 2 is 1.76 bits per heavy atom. The minimum atomic E-state index is -0.0678. The Hall–Kier alpha value is -1.10. The molecule has 0 aromatic rings. The van der Waals surface area contributed by atoms with Gasteiger partial charge in [0.15, 0.2) is 0 Å². The molecule has 5 nitrogen and oxygen atoms in total. The Morgan fingerprint density at radius 3 is 2.48 bits per heavy atom. The van der Waals surface area contributed by atoms with Gasteiger partial charge in [0.05, 0.1) is 0 Å². The van der Waals surface area contributed by atoms with Crippen LogP contribution < -0.4 is 5.32 Å². The molecule has 118 valence electrons. The molecule has 3 saturated heterocycles. The molecule has 2 amide bonds. The lowest BCUT2D eigenvalue weighted by molar-refractivity contribution is -0.146. The van der Waals surface area contributed by atoms with Gasteiger partial charge in [-0.25, -0.2) is 0 Å². The highest BCUT2D eigenvalue weighted by Gasteiger charge is 2.35. The zero-order valence-electron chi connectivity index (χ0n) is 12.9. The summed E-state index contributed by atoms with van der Waals surface area (Å²) in [6.07, 6.45) is 6.71. The Bertz CT molecular complexity index is 387. The molecule has 21 heavy (non-hydrogen) atoms. The third-order valence-corrected chi connectivity index (χ3v) is 5.21. The summed E-state index contributed by atoms with van der Waals surface area (Å²) >= 11 is 0. The molecular formula is C16H27N3O2. The molecule has 0 aliphatic carbocycles. The number of hydrogen-bond donors (Lipinski definition) is 1. The van der Waals surface area contributed by atoms with Crippen molar-refractivity contribution in [2.75, 3.05) is 32.7 Å². The van der Waals surface area contributed by atoms with Crippen LogP contribution in [0.4, 0.5) is 0 Å². The van der Waals surface area contributed by atoms with E-state index < -0.39 is 0 Å². The van der Waals surface area contributed by atoms with Crippen molar-refractivity contribution in [1.82, 2.24) is 15.1 Å². The van der Waals surface area contributed by atoms with E-state index in [-0.39, 0.29) is 17.7 Å². The van der Waals surface area contributed by atoms with Crippen LogP contribution in [0.2, 0.25) is 0 Å². The number of piperidine rings is 2. The standard InChI is InChI=1S/C16H27N3O2/c20-15(18-9-1-2-10-18)12-13-4-3-11-19(16(13)21)14-5-7-17-8-6-14/h13-14,17H,1-12H2. The zero-order chi connectivity index (χ0) is 14.7. The fraction of sp³-hybridized carbons (Fsp3) is 0.875. The van der Waals surface area contributed by atoms with Gasteiger partial charge in [-0.15, -0.1) is 0 Å². The first-order chi connectivity index (χ1) is 10.3. The summed E-state index contributed by atoms with van der Waals surface area (Å²) in [5.74, 6) is 0.362. The summed E-state index contributed by atoms with van der Waals surface area (Å²) in [4.78, 5) is 29.0. The fourth-order valence-corrected chi connectivity index (χ4v) is 3.95. The second-order valence-corrected chi connectivity index (χ2v) is 6.64. The molecule has 0 bridgehead atoms. The van der Waals surface area contributed by atoms with Gasteiger partial charge in [-0.1, -0.05) is 0 Å². The van der Waals surface area contributed by atoms with E-state index in [1.807, 2.05) is 4.90 Å². The molecule has 0 radical (unpaired) electrons. The lowest BCUT2D eigenvalue weighted by atomic mass is 9.90. The third-order valence-electron chi connectivity index (χ3n) is 5.21. The average molecular weight is 293 g/mol. The van der Waals surface area contributed by atoms with Crippen molar-refractivity contribution in [1.29, 1.82) is 0 Å². The van der Waals surface area contributed by atoms with E-state index in [9.17, 15) is 9.59 Å². The smallest absolute Gasteiger partial charge is 0.226 e. The lowest BCUT2D eigenvalue weighted by Gasteiger charge is -2.40. The van der Waals surface area contributed by atoms with Gasteiger partial charge in [-0.3, -0.25) is 9.59 Å². The molecule has 3 aliphatic rings. The highest BCUT2D eigenvalue weighted by molar-refractivity contribution is 5.86. The van der Waals surface area contributed by atoms with E-state index in [0.717, 1.165) is 71.2 Å². The van der Waals surface area contributed by atoms with Crippen molar-refractivity contribution in [2.45, 2.75) is 51.0 Å². The maximum absolute atomic E-state index is 12.7. The van der Waals surface area contributed by atoms with Crippen LogP contribution in [0.25, 0.3) is 0 Å². The Labute approximate surface area is 127 Å². The molecule has 0 aromatic heterocycles. The van der Waals surface area contributed by atoms with Crippen LogP contribution in [0.5, 0.6) is 0 Å². The quantitative estimate of drug-likeness (QED) is 0.844. The van der Waals surface area contributed by atoms with Gasteiger partial charge in [-0.2, -0.15) is 0 Å². The van der Waals surface area contributed by atoms with E-state index in [0.29, 0.717) is 12.5 Å². The van der Waals surface area contributed by atoms with E-state index in [4.69, 9.17) is 0 Å². The molecule has 0 spiro atoms. The Balaban J connectivity index is 1.57. The van der Waals surface area contributed by atoms with Crippen molar-refractivity contribution < 1.29 is 9.59 Å². The van der Waals surface area contributed by atoms with Crippen LogP contribution in [0, 0.1) is 5.92 Å². The first kappa shape index (κ1) is 14.8. The molecule has 1 atom stereocenters. The minimum Gasteiger partial charge on any atom is -0.343 e. The van der Waals surface area contributed by atoms with Gasteiger partial charge in [-0.05, 0) is 51.6 Å². The first-order valence-electron chi connectivity index (χ1n) is 8.54. The van der Waals surface area contributed by atoms with E-state index in [2.05, 4.69) is 10.2 Å². The van der Waals surface area contributed by atoms with Crippen molar-refractivity contribution in [3.63, 3.8) is 0 Å². The number of likely N-dealkylation sites (tertiary alicyclic amines) is 2. The SMILES string of the molecule is O=C(CC1CCCN(C2CCNCC2)C1=O)N1CCCC1. The Morgan fingerprint density at radius 1 is 1.05 bits per heavy atom. The molecule has 3 fully saturated rings. The Kier molecular flexibility index (Phi) is 4.78. The predicted octanol–water partition coefficient (Wildman–Crippen LogP) is 0.989. The summed E-state index contributed by atoms with van der Waals surface area (Å²) in [6, 6.07) is 0.392. The topological polar surface area (TPSA) is 52.7 Å². The highest BCUT2D eigenvalue weighted by atomic mass is 16.2. The number of amides is 2. The van der Waals surface area contributed by atoms with Crippen LogP contribution in [0.3, 0.4) is 0 Å². The third kappa shape index (κ3) is 3.39. The van der Waals surface area contributed by atoms with Gasteiger partial charge in [0.1, 0.15) is 0 Å². The van der Waals surface area contributed by atoms with Crippen LogP contribution >= 0.6 is 0 Å². The monoisotopic (exact) mass is 293 g/mol. The van der Waals surface area contributed by atoms with Crippen molar-refractivity contribution >= 4 is 11.8 Å².